The van der Waals surface area contributed by atoms with E-state index >= 15 is 0 Å². The lowest BCUT2D eigenvalue weighted by Crippen LogP contribution is -2.19. The third-order valence-corrected chi connectivity index (χ3v) is 4.73. The highest BCUT2D eigenvalue weighted by molar-refractivity contribution is 5.99. The minimum absolute atomic E-state index is 0.0163. The molecule has 5 rings (SSSR count). The molecule has 0 saturated carbocycles. The molecule has 4 aromatic rings. The first-order valence-electron chi connectivity index (χ1n) is 9.54. The Morgan fingerprint density at radius 1 is 1.21 bits per heavy atom. The molecule has 3 heterocycles. The highest BCUT2D eigenvalue weighted by Crippen LogP contribution is 2.37. The maximum Gasteiger partial charge on any atom is 0.294 e. The molecule has 3 N–H and O–H groups in total. The summed E-state index contributed by atoms with van der Waals surface area (Å²) < 4.78 is 16.6. The van der Waals surface area contributed by atoms with Crippen molar-refractivity contribution < 1.29 is 23.8 Å². The molecular weight excluding hydrogens is 450 g/mol. The number of anilines is 1. The fraction of sp³-hybridized carbons (Fsp3) is 0.0526. The van der Waals surface area contributed by atoms with Gasteiger partial charge in [-0.3, -0.25) is 14.9 Å². The van der Waals surface area contributed by atoms with Crippen molar-refractivity contribution >= 4 is 23.6 Å². The largest absolute Gasteiger partial charge is 0.454 e. The Balaban J connectivity index is 1.51. The van der Waals surface area contributed by atoms with E-state index < -0.39 is 10.8 Å². The second kappa shape index (κ2) is 8.30. The van der Waals surface area contributed by atoms with Crippen LogP contribution in [0, 0.1) is 10.1 Å². The number of rotatable bonds is 6. The Labute approximate surface area is 188 Å². The van der Waals surface area contributed by atoms with Crippen LogP contribution < -0.4 is 20.6 Å². The molecule has 0 atom stereocenters. The standard InChI is InChI=1S/C19H13N9O6/c20-17-18(25-34-24-17)27-16(10-5-6-13-14(7-10)33-9-32-13)15(22-26-27)19(29)23-21-8-11-3-1-2-4-12(11)28(30)31/h1-8H,9H2,(H2,20,24)(H,23,29)/b21-8+. The topological polar surface area (TPSA) is 199 Å². The molecule has 2 aromatic heterocycles. The van der Waals surface area contributed by atoms with Gasteiger partial charge in [-0.2, -0.15) is 9.78 Å². The summed E-state index contributed by atoms with van der Waals surface area (Å²) >= 11 is 0. The number of nitrogens with one attached hydrogen (secondary N) is 1. The van der Waals surface area contributed by atoms with Gasteiger partial charge in [0.25, 0.3) is 11.6 Å². The molecule has 0 spiro atoms. The average molecular weight is 463 g/mol. The number of hydrogen-bond donors (Lipinski definition) is 2. The molecule has 1 aliphatic rings. The van der Waals surface area contributed by atoms with Crippen molar-refractivity contribution in [1.82, 2.24) is 30.7 Å². The summed E-state index contributed by atoms with van der Waals surface area (Å²) in [6, 6.07) is 10.9. The summed E-state index contributed by atoms with van der Waals surface area (Å²) in [7, 11) is 0. The van der Waals surface area contributed by atoms with Crippen LogP contribution in [0.2, 0.25) is 0 Å². The molecule has 170 valence electrons. The summed E-state index contributed by atoms with van der Waals surface area (Å²) in [5, 5.41) is 30.1. The van der Waals surface area contributed by atoms with Crippen LogP contribution in [0.25, 0.3) is 17.1 Å². The Kier molecular flexibility index (Phi) is 5.02. The van der Waals surface area contributed by atoms with Gasteiger partial charge in [0.15, 0.2) is 17.2 Å². The van der Waals surface area contributed by atoms with Crippen LogP contribution in [0.15, 0.2) is 52.2 Å². The molecule has 0 saturated heterocycles. The van der Waals surface area contributed by atoms with Crippen molar-refractivity contribution in [1.29, 1.82) is 0 Å². The SMILES string of the molecule is Nc1nonc1-n1nnc(C(=O)N/N=C/c2ccccc2[N+](=O)[O-])c1-c1ccc2c(c1)OCO2. The van der Waals surface area contributed by atoms with E-state index in [1.54, 1.807) is 24.3 Å². The number of para-hydroxylation sites is 1. The highest BCUT2D eigenvalue weighted by atomic mass is 16.7. The number of hydrazone groups is 1. The fourth-order valence-electron chi connectivity index (χ4n) is 3.20. The smallest absolute Gasteiger partial charge is 0.294 e. The Hall–Kier alpha value is -5.34. The summed E-state index contributed by atoms with van der Waals surface area (Å²) in [6.45, 7) is 0.0597. The lowest BCUT2D eigenvalue weighted by molar-refractivity contribution is -0.385. The van der Waals surface area contributed by atoms with Crippen molar-refractivity contribution in [2.75, 3.05) is 12.5 Å². The van der Waals surface area contributed by atoms with E-state index in [2.05, 4.69) is 35.8 Å². The zero-order valence-corrected chi connectivity index (χ0v) is 17.0. The highest BCUT2D eigenvalue weighted by Gasteiger charge is 2.27. The molecule has 0 unspecified atom stereocenters. The quantitative estimate of drug-likeness (QED) is 0.237. The van der Waals surface area contributed by atoms with Crippen LogP contribution in [0.4, 0.5) is 11.5 Å². The molecular formula is C19H13N9O6. The van der Waals surface area contributed by atoms with E-state index in [9.17, 15) is 14.9 Å². The van der Waals surface area contributed by atoms with E-state index in [1.165, 1.54) is 22.9 Å². The van der Waals surface area contributed by atoms with Crippen LogP contribution >= 0.6 is 0 Å². The monoisotopic (exact) mass is 463 g/mol. The van der Waals surface area contributed by atoms with Crippen LogP contribution in [0.5, 0.6) is 11.5 Å². The number of hydrogen-bond acceptors (Lipinski definition) is 12. The van der Waals surface area contributed by atoms with Gasteiger partial charge in [-0.05, 0) is 34.6 Å². The third-order valence-electron chi connectivity index (χ3n) is 4.73. The summed E-state index contributed by atoms with van der Waals surface area (Å²) in [4.78, 5) is 23.5. The van der Waals surface area contributed by atoms with Gasteiger partial charge < -0.3 is 15.2 Å². The number of nitrogens with zero attached hydrogens (tertiary/aromatic N) is 7. The molecule has 0 bridgehead atoms. The van der Waals surface area contributed by atoms with Gasteiger partial charge in [0.05, 0.1) is 16.7 Å². The van der Waals surface area contributed by atoms with Crippen molar-refractivity contribution in [3.63, 3.8) is 0 Å². The Bertz CT molecular complexity index is 1440. The zero-order valence-electron chi connectivity index (χ0n) is 17.0. The van der Waals surface area contributed by atoms with Gasteiger partial charge >= 0.3 is 0 Å². The lowest BCUT2D eigenvalue weighted by atomic mass is 10.1. The van der Waals surface area contributed by atoms with Gasteiger partial charge in [-0.25, -0.2) is 10.1 Å². The lowest BCUT2D eigenvalue weighted by Gasteiger charge is -2.07. The minimum Gasteiger partial charge on any atom is -0.454 e. The minimum atomic E-state index is -0.747. The van der Waals surface area contributed by atoms with Crippen LogP contribution in [-0.4, -0.2) is 49.1 Å². The number of nitrogen functional groups attached to an aromatic ring is 1. The van der Waals surface area contributed by atoms with E-state index in [-0.39, 0.29) is 41.1 Å². The van der Waals surface area contributed by atoms with Crippen molar-refractivity contribution in [2.45, 2.75) is 0 Å². The van der Waals surface area contributed by atoms with E-state index in [0.717, 1.165) is 6.21 Å². The van der Waals surface area contributed by atoms with Gasteiger partial charge in [0.1, 0.15) is 5.69 Å². The average Bonchev–Trinajstić information content (AvgIpc) is 3.57. The molecule has 1 amide bonds. The molecule has 0 aliphatic carbocycles. The first-order chi connectivity index (χ1) is 16.5. The first kappa shape index (κ1) is 20.6. The summed E-state index contributed by atoms with van der Waals surface area (Å²) in [5.74, 6) is 0.183. The van der Waals surface area contributed by atoms with Gasteiger partial charge in [-0.15, -0.1) is 5.10 Å². The maximum absolute atomic E-state index is 12.9. The summed E-state index contributed by atoms with van der Waals surface area (Å²) in [6.07, 6.45) is 1.15. The van der Waals surface area contributed by atoms with Gasteiger partial charge in [0.2, 0.25) is 18.4 Å². The van der Waals surface area contributed by atoms with Crippen LogP contribution in [0.3, 0.4) is 0 Å². The molecule has 0 fully saturated rings. The Morgan fingerprint density at radius 3 is 2.82 bits per heavy atom. The second-order valence-electron chi connectivity index (χ2n) is 6.75. The van der Waals surface area contributed by atoms with Crippen LogP contribution in [0.1, 0.15) is 16.1 Å². The Morgan fingerprint density at radius 2 is 2.03 bits per heavy atom. The van der Waals surface area contributed by atoms with Crippen molar-refractivity contribution in [3.8, 4) is 28.6 Å². The number of carbonyl (C=O) groups excluding carboxylic acids is 1. The van der Waals surface area contributed by atoms with E-state index in [1.807, 2.05) is 0 Å². The predicted molar refractivity (Wildman–Crippen MR) is 113 cm³/mol. The van der Waals surface area contributed by atoms with Crippen molar-refractivity contribution in [3.05, 3.63) is 63.8 Å². The van der Waals surface area contributed by atoms with E-state index in [4.69, 9.17) is 15.2 Å². The maximum atomic E-state index is 12.9. The molecule has 1 aliphatic heterocycles. The number of nitro benzene ring substituents is 1. The van der Waals surface area contributed by atoms with E-state index in [0.29, 0.717) is 17.1 Å². The first-order valence-corrected chi connectivity index (χ1v) is 9.54. The van der Waals surface area contributed by atoms with Crippen molar-refractivity contribution in [2.24, 2.45) is 5.10 Å². The molecule has 2 aromatic carbocycles. The predicted octanol–water partition coefficient (Wildman–Crippen LogP) is 1.30. The molecule has 15 heteroatoms. The number of carbonyl (C=O) groups is 1. The zero-order chi connectivity index (χ0) is 23.7. The number of nitro groups is 1. The number of aromatic nitrogens is 5. The van der Waals surface area contributed by atoms with Gasteiger partial charge in [0, 0.05) is 11.6 Å². The summed E-state index contributed by atoms with van der Waals surface area (Å²) in [5.41, 5.74) is 8.66. The van der Waals surface area contributed by atoms with Gasteiger partial charge in [-0.1, -0.05) is 17.3 Å². The third kappa shape index (κ3) is 3.62. The normalized spacial score (nSPS) is 12.2. The number of amides is 1. The van der Waals surface area contributed by atoms with Crippen LogP contribution in [-0.2, 0) is 0 Å². The number of nitrogens with two attached hydrogens (primary N) is 1. The number of benzene rings is 2. The molecule has 34 heavy (non-hydrogen) atoms. The molecule has 15 nitrogen and oxygen atoms in total. The fourth-order valence-corrected chi connectivity index (χ4v) is 3.20. The number of fused-ring (bicyclic) bond motifs is 1. The second-order valence-corrected chi connectivity index (χ2v) is 6.75. The molecule has 0 radical (unpaired) electrons. The number of ether oxygens (including phenoxy) is 2.